The Labute approximate surface area is 675 Å². The molecule has 0 saturated carbocycles. The maximum absolute atomic E-state index is 13.0. The minimum absolute atomic E-state index is 0.0205. The molecule has 0 amide bonds. The Kier molecular flexibility index (Phi) is 80.0. The average Bonchev–Trinajstić information content (AvgIpc) is 0.900. The molecule has 5 unspecified atom stereocenters. The highest BCUT2D eigenvalue weighted by Gasteiger charge is 2.29. The third kappa shape index (κ3) is 85.4. The van der Waals surface area contributed by atoms with Crippen LogP contribution in [0.15, 0.2) is 182 Å². The number of esters is 3. The van der Waals surface area contributed by atoms with Gasteiger partial charge in [-0.1, -0.05) is 338 Å². The minimum atomic E-state index is -4.96. The molecule has 0 heterocycles. The van der Waals surface area contributed by atoms with Gasteiger partial charge in [-0.2, -0.15) is 0 Å². The second kappa shape index (κ2) is 84.1. The topological polar surface area (TPSA) is 231 Å². The van der Waals surface area contributed by atoms with E-state index in [4.69, 9.17) is 32.3 Å². The summed E-state index contributed by atoms with van der Waals surface area (Å²) in [6.45, 7) is 2.36. The van der Waals surface area contributed by atoms with E-state index in [0.717, 1.165) is 148 Å². The number of unbranched alkanes of at least 4 members (excludes halogenated alkanes) is 27. The molecule has 0 aromatic rings. The highest BCUT2D eigenvalue weighted by molar-refractivity contribution is 7.47. The molecule has 632 valence electrons. The Balaban J connectivity index is 4.59. The van der Waals surface area contributed by atoms with Crippen LogP contribution < -0.4 is 0 Å². The summed E-state index contributed by atoms with van der Waals surface area (Å²) in [6.07, 6.45) is 110. The molecule has 0 aliphatic carbocycles. The predicted molar refractivity (Wildman–Crippen MR) is 463 cm³/mol. The Hall–Kier alpha value is -5.35. The molecule has 0 bridgehead atoms. The van der Waals surface area contributed by atoms with E-state index in [0.29, 0.717) is 25.7 Å². The van der Waals surface area contributed by atoms with Gasteiger partial charge in [0.15, 0.2) is 6.10 Å². The van der Waals surface area contributed by atoms with Gasteiger partial charge in [-0.3, -0.25) is 32.5 Å². The van der Waals surface area contributed by atoms with Gasteiger partial charge < -0.3 is 34.2 Å². The van der Waals surface area contributed by atoms with Crippen molar-refractivity contribution in [2.24, 2.45) is 0 Å². The largest absolute Gasteiger partial charge is 0.472 e. The van der Waals surface area contributed by atoms with Crippen molar-refractivity contribution in [2.75, 3.05) is 39.6 Å². The summed E-state index contributed by atoms with van der Waals surface area (Å²) >= 11 is 0. The van der Waals surface area contributed by atoms with Gasteiger partial charge in [0.25, 0.3) is 0 Å². The number of rotatable bonds is 80. The summed E-state index contributed by atoms with van der Waals surface area (Å²) in [5.74, 6) is -1.65. The van der Waals surface area contributed by atoms with Gasteiger partial charge in [0, 0.05) is 19.3 Å². The summed E-state index contributed by atoms with van der Waals surface area (Å²) in [7, 11) is -9.83. The summed E-state index contributed by atoms with van der Waals surface area (Å²) < 4.78 is 61.2. The lowest BCUT2D eigenvalue weighted by atomic mass is 10.0. The molecule has 0 aliphatic rings. The van der Waals surface area contributed by atoms with Crippen LogP contribution in [0.5, 0.6) is 0 Å². The molecule has 111 heavy (non-hydrogen) atoms. The first-order chi connectivity index (χ1) is 54.2. The molecule has 0 aliphatic heterocycles. The number of aliphatic hydroxyl groups excluding tert-OH is 2. The van der Waals surface area contributed by atoms with Crippen LogP contribution in [0.25, 0.3) is 0 Å². The van der Waals surface area contributed by atoms with Gasteiger partial charge in [0.05, 0.1) is 26.4 Å². The predicted octanol–water partition coefficient (Wildman–Crippen LogP) is 26.1. The van der Waals surface area contributed by atoms with Crippen molar-refractivity contribution in [3.05, 3.63) is 182 Å². The second-order valence-corrected chi connectivity index (χ2v) is 31.1. The summed E-state index contributed by atoms with van der Waals surface area (Å²) in [5.41, 5.74) is 0. The van der Waals surface area contributed by atoms with E-state index in [1.165, 1.54) is 116 Å². The van der Waals surface area contributed by atoms with Crippen LogP contribution >= 0.6 is 15.6 Å². The fourth-order valence-electron chi connectivity index (χ4n) is 11.1. The SMILES string of the molecule is CC/C=C\C/C=C\C/C=C\C/C=C\C/C=C\C/C=C\CCCCCCCCCCCCCCC(=O)OCC(O)COP(=O)(O)OCC(O)COP(=O)(O)OCC(COC(=O)CCCCCCCCCCCCC/C=C\C/C=C\C/C=C\C/C=C\CCCCC)OC(=O)CCC/C=C\C/C=C\C/C=C\C/C=C\C/C=C\CC. The van der Waals surface area contributed by atoms with Gasteiger partial charge in [0.2, 0.25) is 0 Å². The van der Waals surface area contributed by atoms with Crippen molar-refractivity contribution >= 4 is 33.6 Å². The quantitative estimate of drug-likeness (QED) is 0.0146. The van der Waals surface area contributed by atoms with Gasteiger partial charge in [0.1, 0.15) is 25.4 Å². The lowest BCUT2D eigenvalue weighted by Gasteiger charge is -2.21. The van der Waals surface area contributed by atoms with E-state index >= 15 is 0 Å². The van der Waals surface area contributed by atoms with Gasteiger partial charge in [-0.25, -0.2) is 9.13 Å². The van der Waals surface area contributed by atoms with Crippen molar-refractivity contribution in [1.82, 2.24) is 0 Å². The zero-order chi connectivity index (χ0) is 80.8. The van der Waals surface area contributed by atoms with Crippen LogP contribution in [-0.4, -0.2) is 95.9 Å². The third-order valence-corrected chi connectivity index (χ3v) is 19.5. The number of carbonyl (C=O) groups excluding carboxylic acids is 3. The maximum Gasteiger partial charge on any atom is 0.472 e. The third-order valence-electron chi connectivity index (χ3n) is 17.6. The maximum atomic E-state index is 13.0. The highest BCUT2D eigenvalue weighted by Crippen LogP contribution is 2.45. The number of allylic oxidation sites excluding steroid dienone is 30. The minimum Gasteiger partial charge on any atom is -0.463 e. The number of ether oxygens (including phenoxy) is 3. The molecule has 0 fully saturated rings. The number of hydrogen-bond acceptors (Lipinski definition) is 14. The first-order valence-electron chi connectivity index (χ1n) is 43.1. The lowest BCUT2D eigenvalue weighted by molar-refractivity contribution is -0.161. The van der Waals surface area contributed by atoms with Crippen molar-refractivity contribution in [2.45, 2.75) is 347 Å². The second-order valence-electron chi connectivity index (χ2n) is 28.2. The van der Waals surface area contributed by atoms with E-state index in [-0.39, 0.29) is 19.3 Å². The van der Waals surface area contributed by atoms with E-state index in [9.17, 15) is 43.5 Å². The molecule has 0 rings (SSSR count). The molecular weight excluding hydrogens is 1430 g/mol. The lowest BCUT2D eigenvalue weighted by Crippen LogP contribution is -2.30. The van der Waals surface area contributed by atoms with Crippen LogP contribution in [0.1, 0.15) is 329 Å². The summed E-state index contributed by atoms with van der Waals surface area (Å²) in [5, 5.41) is 20.7. The van der Waals surface area contributed by atoms with Crippen LogP contribution in [0.2, 0.25) is 0 Å². The molecule has 0 spiro atoms. The molecule has 18 heteroatoms. The zero-order valence-electron chi connectivity index (χ0n) is 69.3. The van der Waals surface area contributed by atoms with E-state index in [1.807, 2.05) is 12.2 Å². The van der Waals surface area contributed by atoms with Gasteiger partial charge in [-0.15, -0.1) is 0 Å². The summed E-state index contributed by atoms with van der Waals surface area (Å²) in [6, 6.07) is 0. The van der Waals surface area contributed by atoms with Crippen molar-refractivity contribution in [1.29, 1.82) is 0 Å². The standard InChI is InChI=1S/C93H154O16P2/c1-4-7-10-13-16-19-22-25-28-31-33-35-37-39-41-42-43-44-46-48-49-51-53-56-58-61-64-67-70-73-76-79-91(96)103-82-88(94)83-105-110(99,100)106-84-89(95)85-107-111(101,102)108-87-90(109-93(98)81-78-75-72-69-66-63-60-55-30-27-24-21-18-15-12-9-6-3)86-104-92(97)80-77-74-71-68-65-62-59-57-54-52-50-47-45-40-38-36-34-32-29-26-23-20-17-14-11-8-5-2/h7,9-10,12,16-21,25-30,33-36,39-41,43-45,60,63,69,72,88-90,94-95H,4-6,8,11,13-15,22-24,31-32,37-38,42,46-59,61-62,64-68,70-71,73-87H2,1-3H3,(H,99,100)(H,101,102)/b10-7-,12-9-,19-16-,20-17-,21-18-,28-25-,29-26-,30-27-,35-33-,36-34-,41-39-,44-43-,45-40-,63-60-,72-69-. The molecule has 0 radical (unpaired) electrons. The zero-order valence-corrected chi connectivity index (χ0v) is 71.1. The Morgan fingerprint density at radius 1 is 0.261 bits per heavy atom. The van der Waals surface area contributed by atoms with E-state index < -0.39 is 91.5 Å². The highest BCUT2D eigenvalue weighted by atomic mass is 31.2. The molecule has 0 aromatic carbocycles. The van der Waals surface area contributed by atoms with Crippen molar-refractivity contribution < 1.29 is 75.8 Å². The van der Waals surface area contributed by atoms with Gasteiger partial charge in [-0.05, 0) is 154 Å². The summed E-state index contributed by atoms with van der Waals surface area (Å²) in [4.78, 5) is 58.8. The normalized spacial score (nSPS) is 14.8. The van der Waals surface area contributed by atoms with Crippen LogP contribution in [0.4, 0.5) is 0 Å². The molecule has 0 aromatic heterocycles. The fraction of sp³-hybridized carbons (Fsp3) is 0.645. The van der Waals surface area contributed by atoms with Crippen molar-refractivity contribution in [3.63, 3.8) is 0 Å². The Morgan fingerprint density at radius 2 is 0.486 bits per heavy atom. The fourth-order valence-corrected chi connectivity index (χ4v) is 12.7. The molecule has 0 saturated heterocycles. The van der Waals surface area contributed by atoms with E-state index in [2.05, 4.69) is 191 Å². The molecule has 5 atom stereocenters. The Bertz CT molecular complexity index is 2750. The monoisotopic (exact) mass is 1590 g/mol. The number of carbonyl (C=O) groups is 3. The first kappa shape index (κ1) is 106. The number of phosphoric acid groups is 2. The number of hydrogen-bond donors (Lipinski definition) is 4. The van der Waals surface area contributed by atoms with Crippen LogP contribution in [0.3, 0.4) is 0 Å². The molecular formula is C93H154O16P2. The Morgan fingerprint density at radius 3 is 0.784 bits per heavy atom. The van der Waals surface area contributed by atoms with Crippen LogP contribution in [-0.2, 0) is 55.8 Å². The number of aliphatic hydroxyl groups is 2. The van der Waals surface area contributed by atoms with E-state index in [1.54, 1.807) is 0 Å². The van der Waals surface area contributed by atoms with Gasteiger partial charge >= 0.3 is 33.6 Å². The van der Waals surface area contributed by atoms with Crippen molar-refractivity contribution in [3.8, 4) is 0 Å². The number of phosphoric ester groups is 2. The van der Waals surface area contributed by atoms with Crippen LogP contribution in [0, 0.1) is 0 Å². The molecule has 16 nitrogen and oxygen atoms in total. The average molecular weight is 1590 g/mol. The first-order valence-corrected chi connectivity index (χ1v) is 46.1. The smallest absolute Gasteiger partial charge is 0.463 e. The molecule has 4 N–H and O–H groups in total.